The number of sulfonamides is 1. The summed E-state index contributed by atoms with van der Waals surface area (Å²) < 4.78 is 44.7. The number of carbonyl (C=O) groups is 3. The van der Waals surface area contributed by atoms with Gasteiger partial charge in [0.15, 0.2) is 0 Å². The molecule has 0 fully saturated rings. The van der Waals surface area contributed by atoms with Crippen LogP contribution in [0.15, 0.2) is 47.4 Å². The van der Waals surface area contributed by atoms with Gasteiger partial charge < -0.3 is 19.1 Å². The van der Waals surface area contributed by atoms with Gasteiger partial charge in [-0.2, -0.15) is 0 Å². The summed E-state index contributed by atoms with van der Waals surface area (Å²) in [6.45, 7) is 4.57. The smallest absolute Gasteiger partial charge is 0.329 e. The normalized spacial score (nSPS) is 14.0. The number of rotatable bonds is 13. The number of nitrogens with one attached hydrogen (secondary N) is 1. The summed E-state index contributed by atoms with van der Waals surface area (Å²) in [5, 5.41) is 0. The minimum atomic E-state index is -4.03. The third-order valence-corrected chi connectivity index (χ3v) is 6.88. The summed E-state index contributed by atoms with van der Waals surface area (Å²) in [6, 6.07) is 9.08. The van der Waals surface area contributed by atoms with E-state index in [1.807, 2.05) is 19.0 Å². The summed E-state index contributed by atoms with van der Waals surface area (Å²) in [5.74, 6) is -2.13. The molecule has 1 unspecified atom stereocenters. The summed E-state index contributed by atoms with van der Waals surface area (Å²) in [7, 11) is -0.201. The Balaban J connectivity index is 1.91. The third-order valence-electron chi connectivity index (χ3n) is 5.50. The van der Waals surface area contributed by atoms with E-state index in [1.54, 1.807) is 25.1 Å². The van der Waals surface area contributed by atoms with Gasteiger partial charge in [-0.3, -0.25) is 19.2 Å². The Kier molecular flexibility index (Phi) is 9.24. The summed E-state index contributed by atoms with van der Waals surface area (Å²) in [4.78, 5) is 41.2. The van der Waals surface area contributed by atoms with Crippen LogP contribution < -0.4 is 9.46 Å². The molecule has 12 heteroatoms. The van der Waals surface area contributed by atoms with Crippen molar-refractivity contribution in [1.82, 2.24) is 9.80 Å². The second kappa shape index (κ2) is 12.2. The van der Waals surface area contributed by atoms with Crippen LogP contribution in [0.5, 0.6) is 5.75 Å². The van der Waals surface area contributed by atoms with Crippen LogP contribution in [0.4, 0.5) is 5.69 Å². The van der Waals surface area contributed by atoms with Gasteiger partial charge in [0, 0.05) is 6.54 Å². The molecule has 37 heavy (non-hydrogen) atoms. The summed E-state index contributed by atoms with van der Waals surface area (Å²) in [5.41, 5.74) is -0.0866. The molecule has 0 bridgehead atoms. The first-order valence-electron chi connectivity index (χ1n) is 11.7. The second-order valence-electron chi connectivity index (χ2n) is 8.48. The average molecular weight is 534 g/mol. The van der Waals surface area contributed by atoms with Gasteiger partial charge in [0.05, 0.1) is 41.5 Å². The molecule has 0 saturated carbocycles. The lowest BCUT2D eigenvalue weighted by atomic mass is 10.1. The Bertz CT molecular complexity index is 1250. The third kappa shape index (κ3) is 6.64. The van der Waals surface area contributed by atoms with Crippen LogP contribution in [-0.2, 0) is 24.3 Å². The minimum Gasteiger partial charge on any atom is -0.489 e. The summed E-state index contributed by atoms with van der Waals surface area (Å²) in [6.07, 6.45) is 0. The average Bonchev–Trinajstić information content (AvgIpc) is 3.10. The van der Waals surface area contributed by atoms with E-state index in [0.717, 1.165) is 4.90 Å². The predicted molar refractivity (Wildman–Crippen MR) is 135 cm³/mol. The van der Waals surface area contributed by atoms with Gasteiger partial charge in [0.2, 0.25) is 0 Å². The first-order valence-corrected chi connectivity index (χ1v) is 13.2. The number of fused-ring (bicyclic) bond motifs is 1. The molecule has 0 spiro atoms. The number of carbonyl (C=O) groups excluding carboxylic acids is 3. The van der Waals surface area contributed by atoms with E-state index in [0.29, 0.717) is 13.2 Å². The molecule has 1 N–H and O–H groups in total. The lowest BCUT2D eigenvalue weighted by Gasteiger charge is -2.20. The molecule has 11 nitrogen and oxygen atoms in total. The fraction of sp³-hybridized carbons (Fsp3) is 0.400. The van der Waals surface area contributed by atoms with Crippen molar-refractivity contribution in [3.8, 4) is 5.75 Å². The summed E-state index contributed by atoms with van der Waals surface area (Å²) >= 11 is 0. The number of amides is 2. The molecule has 1 atom stereocenters. The van der Waals surface area contributed by atoms with Gasteiger partial charge in [-0.05, 0) is 52.2 Å². The van der Waals surface area contributed by atoms with E-state index in [4.69, 9.17) is 14.2 Å². The van der Waals surface area contributed by atoms with E-state index in [1.165, 1.54) is 31.2 Å². The van der Waals surface area contributed by atoms with E-state index >= 15 is 0 Å². The molecule has 2 amide bonds. The molecule has 200 valence electrons. The fourth-order valence-electron chi connectivity index (χ4n) is 3.57. The van der Waals surface area contributed by atoms with Gasteiger partial charge in [0.25, 0.3) is 21.8 Å². The van der Waals surface area contributed by atoms with Crippen molar-refractivity contribution in [2.45, 2.75) is 24.8 Å². The molecule has 1 heterocycles. The number of likely N-dealkylation sites (N-methyl/N-ethyl adjacent to an activating group) is 1. The van der Waals surface area contributed by atoms with E-state index in [9.17, 15) is 22.8 Å². The van der Waals surface area contributed by atoms with Crippen molar-refractivity contribution in [3.63, 3.8) is 0 Å². The van der Waals surface area contributed by atoms with Crippen molar-refractivity contribution in [2.75, 3.05) is 51.8 Å². The van der Waals surface area contributed by atoms with Crippen molar-refractivity contribution in [2.24, 2.45) is 0 Å². The molecule has 2 aromatic rings. The SMILES string of the molecule is CCOC(=O)C(C)N1C(=O)c2cc(NS(=O)(=O)c3ccccc3)c(OCCOCCN(C)C)cc2C1=O. The molecule has 0 radical (unpaired) electrons. The molecule has 0 aromatic heterocycles. The number of esters is 1. The molecular weight excluding hydrogens is 502 g/mol. The first kappa shape index (κ1) is 28.1. The van der Waals surface area contributed by atoms with Gasteiger partial charge in [-0.15, -0.1) is 0 Å². The molecule has 1 aliphatic heterocycles. The maximum absolute atomic E-state index is 13.1. The standard InChI is InChI=1S/C25H31N3O8S/c1-5-35-25(31)17(2)28-23(29)19-15-21(26-37(32,33)18-9-7-6-8-10-18)22(16-20(19)24(28)30)36-14-13-34-12-11-27(3)4/h6-10,15-17,26H,5,11-14H2,1-4H3. The maximum Gasteiger partial charge on any atom is 0.329 e. The lowest BCUT2D eigenvalue weighted by Crippen LogP contribution is -2.43. The molecule has 0 saturated heterocycles. The van der Waals surface area contributed by atoms with Crippen LogP contribution in [0.25, 0.3) is 0 Å². The van der Waals surface area contributed by atoms with Crippen LogP contribution in [0.3, 0.4) is 0 Å². The lowest BCUT2D eigenvalue weighted by molar-refractivity contribution is -0.147. The Labute approximate surface area is 216 Å². The molecule has 1 aliphatic rings. The van der Waals surface area contributed by atoms with Crippen LogP contribution in [0.2, 0.25) is 0 Å². The fourth-order valence-corrected chi connectivity index (χ4v) is 4.65. The highest BCUT2D eigenvalue weighted by molar-refractivity contribution is 7.92. The van der Waals surface area contributed by atoms with E-state index in [-0.39, 0.29) is 47.3 Å². The molecular formula is C25H31N3O8S. The Morgan fingerprint density at radius 1 is 1.03 bits per heavy atom. The molecule has 2 aromatic carbocycles. The quantitative estimate of drug-likeness (QED) is 0.233. The highest BCUT2D eigenvalue weighted by Gasteiger charge is 2.42. The van der Waals surface area contributed by atoms with Gasteiger partial charge in [0.1, 0.15) is 18.4 Å². The topological polar surface area (TPSA) is 132 Å². The van der Waals surface area contributed by atoms with Crippen LogP contribution >= 0.6 is 0 Å². The predicted octanol–water partition coefficient (Wildman–Crippen LogP) is 1.99. The number of imide groups is 1. The van der Waals surface area contributed by atoms with Crippen LogP contribution in [0.1, 0.15) is 34.6 Å². The highest BCUT2D eigenvalue weighted by Crippen LogP contribution is 2.36. The highest BCUT2D eigenvalue weighted by atomic mass is 32.2. The number of anilines is 1. The Hall–Kier alpha value is -3.48. The van der Waals surface area contributed by atoms with Gasteiger partial charge in [-0.1, -0.05) is 18.2 Å². The monoisotopic (exact) mass is 533 g/mol. The van der Waals surface area contributed by atoms with E-state index < -0.39 is 33.8 Å². The van der Waals surface area contributed by atoms with Crippen LogP contribution in [0, 0.1) is 0 Å². The number of nitrogens with zero attached hydrogens (tertiary/aromatic N) is 2. The minimum absolute atomic E-state index is 0.00710. The van der Waals surface area contributed by atoms with Crippen LogP contribution in [-0.4, -0.2) is 89.1 Å². The van der Waals surface area contributed by atoms with E-state index in [2.05, 4.69) is 4.72 Å². The number of hydrogen-bond donors (Lipinski definition) is 1. The zero-order chi connectivity index (χ0) is 27.2. The maximum atomic E-state index is 13.1. The first-order chi connectivity index (χ1) is 17.6. The number of hydrogen-bond acceptors (Lipinski definition) is 9. The van der Waals surface area contributed by atoms with Crippen molar-refractivity contribution < 1.29 is 37.0 Å². The zero-order valence-corrected chi connectivity index (χ0v) is 22.0. The Morgan fingerprint density at radius 2 is 1.68 bits per heavy atom. The Morgan fingerprint density at radius 3 is 2.30 bits per heavy atom. The van der Waals surface area contributed by atoms with Crippen molar-refractivity contribution in [3.05, 3.63) is 53.6 Å². The second-order valence-corrected chi connectivity index (χ2v) is 10.2. The molecule has 3 rings (SSSR count). The zero-order valence-electron chi connectivity index (χ0n) is 21.2. The van der Waals surface area contributed by atoms with Crippen molar-refractivity contribution in [1.29, 1.82) is 0 Å². The molecule has 0 aliphatic carbocycles. The number of benzene rings is 2. The number of ether oxygens (including phenoxy) is 3. The van der Waals surface area contributed by atoms with Gasteiger partial charge >= 0.3 is 5.97 Å². The largest absolute Gasteiger partial charge is 0.489 e. The van der Waals surface area contributed by atoms with Crippen molar-refractivity contribution >= 4 is 33.5 Å². The van der Waals surface area contributed by atoms with Gasteiger partial charge in [-0.25, -0.2) is 13.2 Å².